The number of aromatic nitrogens is 2. The zero-order valence-electron chi connectivity index (χ0n) is 19.1. The van der Waals surface area contributed by atoms with E-state index in [2.05, 4.69) is 15.8 Å². The van der Waals surface area contributed by atoms with Gasteiger partial charge in [-0.05, 0) is 53.9 Å². The van der Waals surface area contributed by atoms with Crippen LogP contribution >= 0.6 is 0 Å². The van der Waals surface area contributed by atoms with Gasteiger partial charge in [-0.25, -0.2) is 9.37 Å². The lowest BCUT2D eigenvalue weighted by Crippen LogP contribution is -2.07. The summed E-state index contributed by atoms with van der Waals surface area (Å²) in [5.41, 5.74) is 4.97. The van der Waals surface area contributed by atoms with Gasteiger partial charge in [0.1, 0.15) is 36.1 Å². The zero-order valence-corrected chi connectivity index (χ0v) is 19.1. The molecule has 0 fully saturated rings. The number of halogens is 3. The van der Waals surface area contributed by atoms with Crippen molar-refractivity contribution in [1.82, 2.24) is 9.55 Å². The molecule has 1 N–H and O–H groups in total. The molecule has 1 aliphatic heterocycles. The number of aliphatic hydroxyl groups excluding tert-OH is 1. The predicted octanol–water partition coefficient (Wildman–Crippen LogP) is 5.56. The van der Waals surface area contributed by atoms with Crippen molar-refractivity contribution in [3.63, 3.8) is 0 Å². The summed E-state index contributed by atoms with van der Waals surface area (Å²) in [4.78, 5) is 4.32. The third kappa shape index (κ3) is 4.16. The number of ether oxygens (including phenoxy) is 2. The van der Waals surface area contributed by atoms with E-state index in [0.717, 1.165) is 16.7 Å². The van der Waals surface area contributed by atoms with Crippen LogP contribution in [0.15, 0.2) is 60.2 Å². The van der Waals surface area contributed by atoms with Gasteiger partial charge in [0.2, 0.25) is 0 Å². The van der Waals surface area contributed by atoms with Crippen LogP contribution in [-0.4, -0.2) is 21.3 Å². The van der Waals surface area contributed by atoms with Crippen LogP contribution in [0.25, 0.3) is 16.6 Å². The monoisotopic (exact) mass is 491 g/mol. The molecule has 0 radical (unpaired) electrons. The topological polar surface area (TPSA) is 80.3 Å². The number of allylic oxidation sites excluding steroid dienone is 1. The van der Waals surface area contributed by atoms with Crippen molar-refractivity contribution in [2.75, 3.05) is 0 Å². The van der Waals surface area contributed by atoms with E-state index in [-0.39, 0.29) is 24.4 Å². The van der Waals surface area contributed by atoms with Crippen molar-refractivity contribution >= 4 is 16.6 Å². The van der Waals surface area contributed by atoms with Crippen LogP contribution in [0.5, 0.6) is 11.5 Å². The molecule has 0 atom stereocenters. The maximum atomic E-state index is 13.9. The van der Waals surface area contributed by atoms with E-state index in [1.807, 2.05) is 18.2 Å². The molecule has 0 saturated carbocycles. The second kappa shape index (κ2) is 9.40. The fourth-order valence-electron chi connectivity index (χ4n) is 4.53. The summed E-state index contributed by atoms with van der Waals surface area (Å²) in [6.45, 7) is -1.25. The lowest BCUT2D eigenvalue weighted by molar-refractivity contribution is -0.0489. The quantitative estimate of drug-likeness (QED) is 0.370. The SMILES string of the molecule is C/C(C#N)=C1\c2ccc(Cn3c(CO)nc4c(OC(F)F)cccc43)cc2COc2cc(F)ccc21. The largest absolute Gasteiger partial charge is 0.488 e. The van der Waals surface area contributed by atoms with Crippen molar-refractivity contribution in [3.8, 4) is 17.6 Å². The molecule has 5 rings (SSSR count). The highest BCUT2D eigenvalue weighted by Gasteiger charge is 2.23. The molecular weight excluding hydrogens is 471 g/mol. The molecule has 4 aromatic rings. The van der Waals surface area contributed by atoms with E-state index in [1.165, 1.54) is 18.2 Å². The fraction of sp³-hybridized carbons (Fsp3) is 0.185. The Hall–Kier alpha value is -4.29. The van der Waals surface area contributed by atoms with E-state index in [4.69, 9.17) is 4.74 Å². The van der Waals surface area contributed by atoms with E-state index in [0.29, 0.717) is 33.8 Å². The lowest BCUT2D eigenvalue weighted by atomic mass is 9.90. The smallest absolute Gasteiger partial charge is 0.387 e. The fourth-order valence-corrected chi connectivity index (χ4v) is 4.53. The van der Waals surface area contributed by atoms with Crippen LogP contribution in [0.1, 0.15) is 35.0 Å². The first-order chi connectivity index (χ1) is 17.4. The van der Waals surface area contributed by atoms with Gasteiger partial charge in [-0.1, -0.05) is 18.2 Å². The molecule has 1 aromatic heterocycles. The van der Waals surface area contributed by atoms with Gasteiger partial charge in [0.05, 0.1) is 11.6 Å². The number of benzene rings is 3. The van der Waals surface area contributed by atoms with Gasteiger partial charge in [-0.15, -0.1) is 0 Å². The zero-order chi connectivity index (χ0) is 25.4. The molecule has 1 aliphatic rings. The molecule has 0 saturated heterocycles. The maximum Gasteiger partial charge on any atom is 0.387 e. The number of alkyl halides is 2. The second-order valence-corrected chi connectivity index (χ2v) is 8.31. The van der Waals surface area contributed by atoms with Crippen molar-refractivity contribution < 1.29 is 27.8 Å². The highest BCUT2D eigenvalue weighted by Crippen LogP contribution is 2.39. The van der Waals surface area contributed by atoms with Gasteiger partial charge in [0.25, 0.3) is 0 Å². The minimum absolute atomic E-state index is 0.0713. The predicted molar refractivity (Wildman–Crippen MR) is 126 cm³/mol. The Morgan fingerprint density at radius 3 is 2.75 bits per heavy atom. The summed E-state index contributed by atoms with van der Waals surface area (Å²) in [6, 6.07) is 16.8. The lowest BCUT2D eigenvalue weighted by Gasteiger charge is -2.14. The second-order valence-electron chi connectivity index (χ2n) is 8.31. The summed E-state index contributed by atoms with van der Waals surface area (Å²) in [5.74, 6) is 0.142. The number of hydrogen-bond acceptors (Lipinski definition) is 5. The van der Waals surface area contributed by atoms with Gasteiger partial charge in [0, 0.05) is 29.3 Å². The molecular formula is C27H20F3N3O3. The Morgan fingerprint density at radius 2 is 2.00 bits per heavy atom. The Kier molecular flexibility index (Phi) is 6.12. The summed E-state index contributed by atoms with van der Waals surface area (Å²) in [6.07, 6.45) is 0. The number of hydrogen-bond donors (Lipinski definition) is 1. The van der Waals surface area contributed by atoms with Crippen molar-refractivity contribution in [2.45, 2.75) is 33.3 Å². The Bertz CT molecular complexity index is 1550. The highest BCUT2D eigenvalue weighted by molar-refractivity contribution is 5.88. The van der Waals surface area contributed by atoms with Gasteiger partial charge >= 0.3 is 6.61 Å². The summed E-state index contributed by atoms with van der Waals surface area (Å²) in [5, 5.41) is 19.5. The average Bonchev–Trinajstić information content (AvgIpc) is 3.14. The maximum absolute atomic E-state index is 13.9. The van der Waals surface area contributed by atoms with Gasteiger partial charge in [-0.2, -0.15) is 14.0 Å². The highest BCUT2D eigenvalue weighted by atomic mass is 19.3. The molecule has 0 amide bonds. The number of nitrogens with zero attached hydrogens (tertiary/aromatic N) is 3. The number of imidazole rings is 1. The third-order valence-corrected chi connectivity index (χ3v) is 6.10. The Balaban J connectivity index is 1.58. The van der Waals surface area contributed by atoms with E-state index in [9.17, 15) is 23.5 Å². The number of rotatable bonds is 5. The Labute approximate surface area is 204 Å². The van der Waals surface area contributed by atoms with E-state index < -0.39 is 19.0 Å². The van der Waals surface area contributed by atoms with E-state index in [1.54, 1.807) is 29.7 Å². The van der Waals surface area contributed by atoms with Crippen molar-refractivity contribution in [1.29, 1.82) is 5.26 Å². The van der Waals surface area contributed by atoms with Crippen LogP contribution in [-0.2, 0) is 19.8 Å². The standard InChI is InChI=1S/C27H20F3N3O3/c1-15(11-31)25-19-7-5-16(9-17(19)14-35-23-10-18(28)6-8-20(23)25)12-33-21-3-2-4-22(36-27(29)30)26(21)32-24(33)13-34/h2-10,27,34H,12-14H2,1H3/b25-15-. The molecule has 2 heterocycles. The van der Waals surface area contributed by atoms with Gasteiger partial charge < -0.3 is 19.1 Å². The van der Waals surface area contributed by atoms with Crippen LogP contribution in [0.4, 0.5) is 13.2 Å². The minimum atomic E-state index is -3.00. The molecule has 0 unspecified atom stereocenters. The van der Waals surface area contributed by atoms with Crippen molar-refractivity contribution in [2.24, 2.45) is 0 Å². The first-order valence-electron chi connectivity index (χ1n) is 11.1. The number of nitriles is 1. The van der Waals surface area contributed by atoms with Crippen molar-refractivity contribution in [3.05, 3.63) is 94.1 Å². The summed E-state index contributed by atoms with van der Waals surface area (Å²) in [7, 11) is 0. The van der Waals surface area contributed by atoms with Crippen LogP contribution in [0.2, 0.25) is 0 Å². The summed E-state index contributed by atoms with van der Waals surface area (Å²) >= 11 is 0. The van der Waals surface area contributed by atoms with Gasteiger partial charge in [-0.3, -0.25) is 0 Å². The van der Waals surface area contributed by atoms with E-state index >= 15 is 0 Å². The first kappa shape index (κ1) is 23.5. The van der Waals surface area contributed by atoms with Crippen LogP contribution < -0.4 is 9.47 Å². The third-order valence-electron chi connectivity index (χ3n) is 6.10. The molecule has 3 aromatic carbocycles. The molecule has 0 spiro atoms. The first-order valence-corrected chi connectivity index (χ1v) is 11.1. The molecule has 182 valence electrons. The van der Waals surface area contributed by atoms with Crippen LogP contribution in [0, 0.1) is 17.1 Å². The summed E-state index contributed by atoms with van der Waals surface area (Å²) < 4.78 is 51.8. The molecule has 36 heavy (non-hydrogen) atoms. The van der Waals surface area contributed by atoms with Crippen LogP contribution in [0.3, 0.4) is 0 Å². The number of aliphatic hydroxyl groups is 1. The molecule has 0 bridgehead atoms. The minimum Gasteiger partial charge on any atom is -0.488 e. The molecule has 0 aliphatic carbocycles. The van der Waals surface area contributed by atoms with Gasteiger partial charge in [0.15, 0.2) is 5.75 Å². The number of para-hydroxylation sites is 1. The normalized spacial score (nSPS) is 14.0. The average molecular weight is 491 g/mol. The molecule has 9 heteroatoms. The number of fused-ring (bicyclic) bond motifs is 3. The molecule has 6 nitrogen and oxygen atoms in total. The Morgan fingerprint density at radius 1 is 1.19 bits per heavy atom.